The van der Waals surface area contributed by atoms with Gasteiger partial charge in [-0.3, -0.25) is 4.90 Å². The van der Waals surface area contributed by atoms with Gasteiger partial charge in [0.2, 0.25) is 0 Å². The van der Waals surface area contributed by atoms with Gasteiger partial charge in [0.25, 0.3) is 0 Å². The SMILES string of the molecule is CC(C)(C)OC(=O)NC[C@@H]1C[C@@H](CN)N(Cc2ccccc2)C1. The summed E-state index contributed by atoms with van der Waals surface area (Å²) in [6, 6.07) is 10.8. The van der Waals surface area contributed by atoms with Gasteiger partial charge in [0.05, 0.1) is 0 Å². The number of benzene rings is 1. The molecule has 1 fully saturated rings. The molecular formula is C18H29N3O2. The van der Waals surface area contributed by atoms with Crippen LogP contribution in [0.3, 0.4) is 0 Å². The highest BCUT2D eigenvalue weighted by Crippen LogP contribution is 2.24. The minimum Gasteiger partial charge on any atom is -0.444 e. The molecule has 0 saturated carbocycles. The zero-order valence-corrected chi connectivity index (χ0v) is 14.4. The van der Waals surface area contributed by atoms with Crippen molar-refractivity contribution in [3.05, 3.63) is 35.9 Å². The summed E-state index contributed by atoms with van der Waals surface area (Å²) in [7, 11) is 0. The first-order valence-corrected chi connectivity index (χ1v) is 8.32. The summed E-state index contributed by atoms with van der Waals surface area (Å²) in [5, 5.41) is 2.88. The first-order chi connectivity index (χ1) is 10.9. The lowest BCUT2D eigenvalue weighted by atomic mass is 10.1. The van der Waals surface area contributed by atoms with Gasteiger partial charge in [0.15, 0.2) is 0 Å². The molecule has 0 bridgehead atoms. The molecule has 3 N–H and O–H groups in total. The molecule has 5 heteroatoms. The molecule has 2 rings (SSSR count). The van der Waals surface area contributed by atoms with Crippen LogP contribution in [-0.2, 0) is 11.3 Å². The molecule has 128 valence electrons. The normalized spacial score (nSPS) is 22.1. The molecule has 0 radical (unpaired) electrons. The van der Waals surface area contributed by atoms with Crippen molar-refractivity contribution in [2.45, 2.75) is 45.4 Å². The summed E-state index contributed by atoms with van der Waals surface area (Å²) in [5.41, 5.74) is 6.76. The Morgan fingerprint density at radius 3 is 2.65 bits per heavy atom. The van der Waals surface area contributed by atoms with Crippen LogP contribution in [0.25, 0.3) is 0 Å². The Balaban J connectivity index is 1.83. The van der Waals surface area contributed by atoms with Gasteiger partial charge in [-0.05, 0) is 38.7 Å². The van der Waals surface area contributed by atoms with E-state index in [4.69, 9.17) is 10.5 Å². The maximum atomic E-state index is 11.8. The van der Waals surface area contributed by atoms with Gasteiger partial charge in [-0.2, -0.15) is 0 Å². The lowest BCUT2D eigenvalue weighted by Gasteiger charge is -2.23. The lowest BCUT2D eigenvalue weighted by molar-refractivity contribution is 0.0519. The van der Waals surface area contributed by atoms with Crippen LogP contribution in [0.4, 0.5) is 4.79 Å². The summed E-state index contributed by atoms with van der Waals surface area (Å²) in [6.45, 7) is 8.75. The molecule has 1 aromatic rings. The van der Waals surface area contributed by atoms with Gasteiger partial charge in [-0.15, -0.1) is 0 Å². The zero-order chi connectivity index (χ0) is 16.9. The molecule has 1 aliphatic heterocycles. The summed E-state index contributed by atoms with van der Waals surface area (Å²) in [6.07, 6.45) is 0.669. The van der Waals surface area contributed by atoms with Crippen molar-refractivity contribution in [2.75, 3.05) is 19.6 Å². The minimum atomic E-state index is -0.459. The van der Waals surface area contributed by atoms with E-state index in [9.17, 15) is 4.79 Å². The van der Waals surface area contributed by atoms with Crippen LogP contribution in [0.5, 0.6) is 0 Å². The minimum absolute atomic E-state index is 0.344. The number of ether oxygens (including phenoxy) is 1. The number of nitrogens with one attached hydrogen (secondary N) is 1. The molecular weight excluding hydrogens is 290 g/mol. The third kappa shape index (κ3) is 5.84. The van der Waals surface area contributed by atoms with Crippen molar-refractivity contribution in [2.24, 2.45) is 11.7 Å². The van der Waals surface area contributed by atoms with Crippen LogP contribution in [0.1, 0.15) is 32.8 Å². The first-order valence-electron chi connectivity index (χ1n) is 8.32. The Morgan fingerprint density at radius 1 is 1.35 bits per heavy atom. The smallest absolute Gasteiger partial charge is 0.407 e. The van der Waals surface area contributed by atoms with Crippen molar-refractivity contribution in [1.29, 1.82) is 0 Å². The molecule has 2 atom stereocenters. The lowest BCUT2D eigenvalue weighted by Crippen LogP contribution is -2.36. The van der Waals surface area contributed by atoms with Gasteiger partial charge in [-0.1, -0.05) is 30.3 Å². The van der Waals surface area contributed by atoms with Crippen LogP contribution in [0.2, 0.25) is 0 Å². The van der Waals surface area contributed by atoms with E-state index in [2.05, 4.69) is 34.5 Å². The number of nitrogens with zero attached hydrogens (tertiary/aromatic N) is 1. The molecule has 1 amide bonds. The Hall–Kier alpha value is -1.59. The van der Waals surface area contributed by atoms with E-state index in [1.807, 2.05) is 26.8 Å². The number of nitrogens with two attached hydrogens (primary N) is 1. The van der Waals surface area contributed by atoms with Crippen molar-refractivity contribution in [3.8, 4) is 0 Å². The maximum absolute atomic E-state index is 11.8. The average molecular weight is 319 g/mol. The molecule has 0 unspecified atom stereocenters. The molecule has 1 saturated heterocycles. The van der Waals surface area contributed by atoms with E-state index in [1.54, 1.807) is 0 Å². The van der Waals surface area contributed by atoms with E-state index in [-0.39, 0.29) is 6.09 Å². The molecule has 0 aromatic heterocycles. The van der Waals surface area contributed by atoms with E-state index >= 15 is 0 Å². The third-order valence-corrected chi connectivity index (χ3v) is 4.05. The van der Waals surface area contributed by atoms with E-state index < -0.39 is 5.60 Å². The van der Waals surface area contributed by atoms with Gasteiger partial charge >= 0.3 is 6.09 Å². The van der Waals surface area contributed by atoms with Crippen LogP contribution in [-0.4, -0.2) is 42.3 Å². The second-order valence-corrected chi connectivity index (χ2v) is 7.29. The number of likely N-dealkylation sites (tertiary alicyclic amines) is 1. The van der Waals surface area contributed by atoms with Crippen LogP contribution in [0, 0.1) is 5.92 Å². The van der Waals surface area contributed by atoms with Crippen LogP contribution in [0.15, 0.2) is 30.3 Å². The average Bonchev–Trinajstić information content (AvgIpc) is 2.86. The summed E-state index contributed by atoms with van der Waals surface area (Å²) in [5.74, 6) is 0.416. The molecule has 1 aromatic carbocycles. The van der Waals surface area contributed by atoms with Crippen molar-refractivity contribution in [1.82, 2.24) is 10.2 Å². The highest BCUT2D eigenvalue weighted by atomic mass is 16.6. The van der Waals surface area contributed by atoms with E-state index in [1.165, 1.54) is 5.56 Å². The number of alkyl carbamates (subject to hydrolysis) is 1. The molecule has 1 aliphatic rings. The number of carbonyl (C=O) groups is 1. The standard InChI is InChI=1S/C18H29N3O2/c1-18(2,3)23-17(22)20-11-15-9-16(10-19)21(13-15)12-14-7-5-4-6-8-14/h4-8,15-16H,9-13,19H2,1-3H3,(H,20,22)/t15-,16-/m0/s1. The third-order valence-electron chi connectivity index (χ3n) is 4.05. The number of hydrogen-bond acceptors (Lipinski definition) is 4. The highest BCUT2D eigenvalue weighted by Gasteiger charge is 2.31. The summed E-state index contributed by atoms with van der Waals surface area (Å²) < 4.78 is 5.28. The molecule has 1 heterocycles. The Morgan fingerprint density at radius 2 is 2.04 bits per heavy atom. The fourth-order valence-corrected chi connectivity index (χ4v) is 3.04. The number of hydrogen-bond donors (Lipinski definition) is 2. The molecule has 23 heavy (non-hydrogen) atoms. The van der Waals surface area contributed by atoms with Gasteiger partial charge in [0, 0.05) is 32.2 Å². The molecule has 0 aliphatic carbocycles. The number of carbonyl (C=O) groups excluding carboxylic acids is 1. The monoisotopic (exact) mass is 319 g/mol. The maximum Gasteiger partial charge on any atom is 0.407 e. The van der Waals surface area contributed by atoms with Crippen molar-refractivity contribution < 1.29 is 9.53 Å². The van der Waals surface area contributed by atoms with Gasteiger partial charge in [-0.25, -0.2) is 4.79 Å². The Bertz CT molecular complexity index is 499. The molecule has 5 nitrogen and oxygen atoms in total. The van der Waals surface area contributed by atoms with Crippen LogP contribution < -0.4 is 11.1 Å². The van der Waals surface area contributed by atoms with E-state index in [0.29, 0.717) is 25.0 Å². The number of amides is 1. The van der Waals surface area contributed by atoms with Crippen molar-refractivity contribution >= 4 is 6.09 Å². The van der Waals surface area contributed by atoms with E-state index in [0.717, 1.165) is 19.5 Å². The van der Waals surface area contributed by atoms with Gasteiger partial charge in [0.1, 0.15) is 5.60 Å². The second kappa shape index (κ2) is 7.79. The molecule has 0 spiro atoms. The fraction of sp³-hybridized carbons (Fsp3) is 0.611. The van der Waals surface area contributed by atoms with Crippen molar-refractivity contribution in [3.63, 3.8) is 0 Å². The topological polar surface area (TPSA) is 67.6 Å². The summed E-state index contributed by atoms with van der Waals surface area (Å²) in [4.78, 5) is 14.2. The zero-order valence-electron chi connectivity index (χ0n) is 14.4. The predicted octanol–water partition coefficient (Wildman–Crippen LogP) is 2.36. The second-order valence-electron chi connectivity index (χ2n) is 7.29. The largest absolute Gasteiger partial charge is 0.444 e. The fourth-order valence-electron chi connectivity index (χ4n) is 3.04. The highest BCUT2D eigenvalue weighted by molar-refractivity contribution is 5.67. The first kappa shape index (κ1) is 17.8. The van der Waals surface area contributed by atoms with Gasteiger partial charge < -0.3 is 15.8 Å². The Kier molecular flexibility index (Phi) is 6.02. The predicted molar refractivity (Wildman–Crippen MR) is 92.0 cm³/mol. The quantitative estimate of drug-likeness (QED) is 0.874. The summed E-state index contributed by atoms with van der Waals surface area (Å²) >= 11 is 0. The van der Waals surface area contributed by atoms with Crippen LogP contribution >= 0.6 is 0 Å². The number of rotatable bonds is 5. The Labute approximate surface area is 139 Å².